The lowest BCUT2D eigenvalue weighted by atomic mass is 9.75. The number of hydrogen-bond donors (Lipinski definition) is 0. The van der Waals surface area contributed by atoms with E-state index in [1.165, 1.54) is 33.6 Å². The maximum absolute atomic E-state index is 4.80. The molecule has 0 bridgehead atoms. The monoisotopic (exact) mass is 377 g/mol. The first-order valence-corrected chi connectivity index (χ1v) is 9.99. The average Bonchev–Trinajstić information content (AvgIpc) is 3.43. The standard InChI is InChI=1S/C24H19N5/c1-27-20-12-6-7-13-21(20)28-14-16-8-2-4-10-18(16)24(23(27)28)19-11-5-3-9-17(19)22-25-15-26-29(22)24/h2-13,15,23H,14H2,1H3. The van der Waals surface area contributed by atoms with E-state index in [1.54, 1.807) is 6.33 Å². The molecule has 29 heavy (non-hydrogen) atoms. The highest BCUT2D eigenvalue weighted by atomic mass is 15.5. The highest BCUT2D eigenvalue weighted by molar-refractivity contribution is 5.82. The second kappa shape index (κ2) is 5.06. The normalized spacial score (nSPS) is 22.9. The summed E-state index contributed by atoms with van der Waals surface area (Å²) in [6.07, 6.45) is 1.77. The van der Waals surface area contributed by atoms with E-state index in [9.17, 15) is 0 Å². The summed E-state index contributed by atoms with van der Waals surface area (Å²) in [6, 6.07) is 26.2. The van der Waals surface area contributed by atoms with Crippen LogP contribution in [0.25, 0.3) is 11.4 Å². The molecule has 0 aliphatic carbocycles. The van der Waals surface area contributed by atoms with E-state index < -0.39 is 5.54 Å². The van der Waals surface area contributed by atoms with Crippen LogP contribution in [0.5, 0.6) is 0 Å². The molecule has 2 atom stereocenters. The van der Waals surface area contributed by atoms with Crippen LogP contribution in [-0.4, -0.2) is 28.0 Å². The van der Waals surface area contributed by atoms with Crippen molar-refractivity contribution in [2.45, 2.75) is 18.2 Å². The van der Waals surface area contributed by atoms with Gasteiger partial charge in [0.1, 0.15) is 12.5 Å². The molecule has 2 unspecified atom stereocenters. The zero-order valence-corrected chi connectivity index (χ0v) is 16.0. The van der Waals surface area contributed by atoms with Crippen molar-refractivity contribution in [1.82, 2.24) is 14.8 Å². The molecule has 0 N–H and O–H groups in total. The van der Waals surface area contributed by atoms with E-state index in [4.69, 9.17) is 5.10 Å². The lowest BCUT2D eigenvalue weighted by Crippen LogP contribution is -2.62. The summed E-state index contributed by atoms with van der Waals surface area (Å²) in [7, 11) is 2.21. The van der Waals surface area contributed by atoms with Crippen LogP contribution in [0.4, 0.5) is 11.4 Å². The first-order valence-electron chi connectivity index (χ1n) is 9.99. The molecule has 4 aromatic rings. The molecule has 0 saturated carbocycles. The fourth-order valence-corrected chi connectivity index (χ4v) is 5.82. The van der Waals surface area contributed by atoms with Gasteiger partial charge < -0.3 is 9.80 Å². The van der Waals surface area contributed by atoms with Gasteiger partial charge in [-0.3, -0.25) is 0 Å². The molecule has 0 saturated heterocycles. The van der Waals surface area contributed by atoms with Crippen LogP contribution in [0.2, 0.25) is 0 Å². The van der Waals surface area contributed by atoms with E-state index in [-0.39, 0.29) is 6.17 Å². The summed E-state index contributed by atoms with van der Waals surface area (Å²) in [6.45, 7) is 0.885. The lowest BCUT2D eigenvalue weighted by Gasteiger charge is -2.49. The summed E-state index contributed by atoms with van der Waals surface area (Å²) in [4.78, 5) is 9.61. The van der Waals surface area contributed by atoms with Crippen molar-refractivity contribution in [3.63, 3.8) is 0 Å². The topological polar surface area (TPSA) is 37.2 Å². The van der Waals surface area contributed by atoms with Gasteiger partial charge >= 0.3 is 0 Å². The minimum absolute atomic E-state index is 0.0823. The second-order valence-corrected chi connectivity index (χ2v) is 8.07. The van der Waals surface area contributed by atoms with Crippen molar-refractivity contribution < 1.29 is 0 Å². The molecule has 0 amide bonds. The summed E-state index contributed by atoms with van der Waals surface area (Å²) >= 11 is 0. The fourth-order valence-electron chi connectivity index (χ4n) is 5.82. The lowest BCUT2D eigenvalue weighted by molar-refractivity contribution is 0.302. The average molecular weight is 377 g/mol. The first-order chi connectivity index (χ1) is 14.3. The molecular weight excluding hydrogens is 358 g/mol. The molecule has 3 aliphatic heterocycles. The van der Waals surface area contributed by atoms with Crippen molar-refractivity contribution in [2.24, 2.45) is 0 Å². The predicted octanol–water partition coefficient (Wildman–Crippen LogP) is 3.85. The van der Waals surface area contributed by atoms with E-state index in [0.717, 1.165) is 12.4 Å². The van der Waals surface area contributed by atoms with Gasteiger partial charge in [-0.2, -0.15) is 5.10 Å². The number of likely N-dealkylation sites (N-methyl/N-ethyl adjacent to an activating group) is 1. The summed E-state index contributed by atoms with van der Waals surface area (Å²) in [5, 5.41) is 4.80. The van der Waals surface area contributed by atoms with Crippen molar-refractivity contribution in [2.75, 3.05) is 16.8 Å². The van der Waals surface area contributed by atoms with Crippen molar-refractivity contribution >= 4 is 11.4 Å². The van der Waals surface area contributed by atoms with Gasteiger partial charge in [0.15, 0.2) is 11.4 Å². The van der Waals surface area contributed by atoms with Gasteiger partial charge in [-0.1, -0.05) is 60.7 Å². The van der Waals surface area contributed by atoms with Gasteiger partial charge in [-0.15, -0.1) is 0 Å². The summed E-state index contributed by atoms with van der Waals surface area (Å²) in [5.74, 6) is 0.946. The number of anilines is 2. The van der Waals surface area contributed by atoms with Crippen LogP contribution in [0.3, 0.4) is 0 Å². The molecular formula is C24H19N5. The Kier molecular flexibility index (Phi) is 2.67. The van der Waals surface area contributed by atoms with Crippen molar-refractivity contribution in [1.29, 1.82) is 0 Å². The van der Waals surface area contributed by atoms with Crippen molar-refractivity contribution in [3.8, 4) is 11.4 Å². The molecule has 0 radical (unpaired) electrons. The SMILES string of the molecule is CN1c2ccccc2N2Cc3ccccc3C3(c4ccccc4-c4ncnn43)C12. The third-order valence-corrected chi connectivity index (χ3v) is 6.84. The molecule has 5 nitrogen and oxygen atoms in total. The van der Waals surface area contributed by atoms with Crippen molar-refractivity contribution in [3.05, 3.63) is 95.8 Å². The number of aromatic nitrogens is 3. The second-order valence-electron chi connectivity index (χ2n) is 8.07. The highest BCUT2D eigenvalue weighted by Crippen LogP contribution is 2.57. The maximum Gasteiger partial charge on any atom is 0.159 e. The van der Waals surface area contributed by atoms with E-state index in [1.807, 2.05) is 0 Å². The Morgan fingerprint density at radius 1 is 0.862 bits per heavy atom. The van der Waals surface area contributed by atoms with Crippen LogP contribution in [-0.2, 0) is 12.1 Å². The quantitative estimate of drug-likeness (QED) is 0.467. The minimum Gasteiger partial charge on any atom is -0.350 e. The number of fused-ring (bicyclic) bond motifs is 11. The Hall–Kier alpha value is -3.60. The maximum atomic E-state index is 4.80. The molecule has 7 rings (SSSR count). The molecule has 1 aromatic heterocycles. The smallest absolute Gasteiger partial charge is 0.159 e. The van der Waals surface area contributed by atoms with Gasteiger partial charge in [0.25, 0.3) is 0 Å². The Labute approximate surface area is 168 Å². The molecule has 3 aliphatic rings. The largest absolute Gasteiger partial charge is 0.350 e. The summed E-state index contributed by atoms with van der Waals surface area (Å²) in [5.41, 5.74) is 7.19. The van der Waals surface area contributed by atoms with Crippen LogP contribution in [0.1, 0.15) is 16.7 Å². The zero-order valence-electron chi connectivity index (χ0n) is 16.0. The van der Waals surface area contributed by atoms with E-state index in [0.29, 0.717) is 0 Å². The van der Waals surface area contributed by atoms with Crippen LogP contribution >= 0.6 is 0 Å². The number of hydrogen-bond acceptors (Lipinski definition) is 4. The Bertz CT molecular complexity index is 1290. The molecule has 0 fully saturated rings. The number of rotatable bonds is 0. The van der Waals surface area contributed by atoms with E-state index >= 15 is 0 Å². The Balaban J connectivity index is 1.64. The molecule has 3 aromatic carbocycles. The Morgan fingerprint density at radius 3 is 2.48 bits per heavy atom. The minimum atomic E-state index is -0.453. The van der Waals surface area contributed by atoms with Gasteiger partial charge in [0, 0.05) is 19.2 Å². The summed E-state index contributed by atoms with van der Waals surface area (Å²) < 4.78 is 2.16. The predicted molar refractivity (Wildman–Crippen MR) is 113 cm³/mol. The molecule has 140 valence electrons. The molecule has 1 spiro atoms. The van der Waals surface area contributed by atoms with Crippen LogP contribution in [0, 0.1) is 0 Å². The van der Waals surface area contributed by atoms with Crippen LogP contribution < -0.4 is 9.80 Å². The van der Waals surface area contributed by atoms with E-state index in [2.05, 4.69) is 99.3 Å². The third kappa shape index (κ3) is 1.60. The van der Waals surface area contributed by atoms with Gasteiger partial charge in [0.2, 0.25) is 0 Å². The highest BCUT2D eigenvalue weighted by Gasteiger charge is 2.60. The number of para-hydroxylation sites is 2. The number of nitrogens with zero attached hydrogens (tertiary/aromatic N) is 5. The molecule has 5 heteroatoms. The fraction of sp³-hybridized carbons (Fsp3) is 0.167. The van der Waals surface area contributed by atoms with Crippen LogP contribution in [0.15, 0.2) is 79.1 Å². The Morgan fingerprint density at radius 2 is 1.59 bits per heavy atom. The van der Waals surface area contributed by atoms with Gasteiger partial charge in [0.05, 0.1) is 11.4 Å². The zero-order chi connectivity index (χ0) is 19.2. The third-order valence-electron chi connectivity index (χ3n) is 6.84. The van der Waals surface area contributed by atoms with Gasteiger partial charge in [-0.25, -0.2) is 9.67 Å². The molecule has 4 heterocycles. The van der Waals surface area contributed by atoms with Gasteiger partial charge in [-0.05, 0) is 28.8 Å². The number of benzene rings is 3. The first kappa shape index (κ1) is 15.3.